The second-order valence-electron chi connectivity index (χ2n) is 13.7. The highest BCUT2D eigenvalue weighted by Crippen LogP contribution is 2.37. The minimum absolute atomic E-state index is 0.0286. The first kappa shape index (κ1) is 37.2. The van der Waals surface area contributed by atoms with E-state index < -0.39 is 20.9 Å². The van der Waals surface area contributed by atoms with Crippen LogP contribution in [-0.4, -0.2) is 61.6 Å². The Kier molecular flexibility index (Phi) is 11.6. The van der Waals surface area contributed by atoms with Gasteiger partial charge in [0.1, 0.15) is 5.69 Å². The van der Waals surface area contributed by atoms with Crippen molar-refractivity contribution in [3.05, 3.63) is 149 Å². The Morgan fingerprint density at radius 1 is 0.796 bits per heavy atom. The predicted molar refractivity (Wildman–Crippen MR) is 216 cm³/mol. The third-order valence-corrected chi connectivity index (χ3v) is 12.9. The van der Waals surface area contributed by atoms with Crippen molar-refractivity contribution in [1.29, 1.82) is 0 Å². The number of nitrogens with one attached hydrogen (secondary N) is 2. The van der Waals surface area contributed by atoms with Crippen LogP contribution in [0, 0.1) is 10.1 Å². The van der Waals surface area contributed by atoms with Crippen molar-refractivity contribution in [1.82, 2.24) is 9.62 Å². The molecule has 2 N–H and O–H groups in total. The van der Waals surface area contributed by atoms with Gasteiger partial charge in [0.2, 0.25) is 0 Å². The summed E-state index contributed by atoms with van der Waals surface area (Å²) in [5, 5.41) is 15.7. The molecule has 10 nitrogen and oxygen atoms in total. The van der Waals surface area contributed by atoms with Crippen LogP contribution in [0.2, 0.25) is 0 Å². The molecule has 0 unspecified atom stereocenters. The van der Waals surface area contributed by atoms with Crippen molar-refractivity contribution in [3.63, 3.8) is 0 Å². The SMILES string of the molecule is O=C(NS(=O)(=O)c1ccc(N[C@H]2CCCC[C@H]2Sc2ccccc2)c([N+](=O)[O-])c1)c1ccc(N2CCN(Cc3ccccc3-c3ccccc3)CC2)cc1. The highest BCUT2D eigenvalue weighted by atomic mass is 32.2. The van der Waals surface area contributed by atoms with E-state index in [1.165, 1.54) is 28.8 Å². The molecule has 0 aromatic heterocycles. The van der Waals surface area contributed by atoms with Gasteiger partial charge in [0.15, 0.2) is 0 Å². The number of nitro groups is 1. The first-order valence-corrected chi connectivity index (χ1v) is 20.6. The van der Waals surface area contributed by atoms with Gasteiger partial charge in [-0.25, -0.2) is 13.1 Å². The number of nitro benzene ring substituents is 1. The fourth-order valence-electron chi connectivity index (χ4n) is 7.25. The van der Waals surface area contributed by atoms with Gasteiger partial charge in [0, 0.05) is 66.2 Å². The van der Waals surface area contributed by atoms with Crippen LogP contribution in [0.3, 0.4) is 0 Å². The molecule has 1 amide bonds. The lowest BCUT2D eigenvalue weighted by molar-refractivity contribution is -0.384. The second kappa shape index (κ2) is 16.9. The Morgan fingerprint density at radius 3 is 2.19 bits per heavy atom. The van der Waals surface area contributed by atoms with E-state index in [-0.39, 0.29) is 33.1 Å². The Labute approximate surface area is 320 Å². The molecule has 1 saturated carbocycles. The summed E-state index contributed by atoms with van der Waals surface area (Å²) in [6, 6.07) is 39.5. The van der Waals surface area contributed by atoms with E-state index >= 15 is 0 Å². The van der Waals surface area contributed by atoms with E-state index in [0.29, 0.717) is 0 Å². The van der Waals surface area contributed by atoms with Crippen LogP contribution < -0.4 is 14.9 Å². The summed E-state index contributed by atoms with van der Waals surface area (Å²) < 4.78 is 28.8. The van der Waals surface area contributed by atoms with Crippen LogP contribution in [0.1, 0.15) is 41.6 Å². The first-order valence-electron chi connectivity index (χ1n) is 18.3. The number of piperazine rings is 1. The molecule has 2 fully saturated rings. The molecule has 12 heteroatoms. The van der Waals surface area contributed by atoms with E-state index in [1.54, 1.807) is 23.9 Å². The van der Waals surface area contributed by atoms with Gasteiger partial charge in [0.05, 0.1) is 9.82 Å². The third-order valence-electron chi connectivity index (χ3n) is 10.1. The molecule has 1 aliphatic carbocycles. The average molecular weight is 762 g/mol. The first-order chi connectivity index (χ1) is 26.2. The highest BCUT2D eigenvalue weighted by molar-refractivity contribution is 8.00. The van der Waals surface area contributed by atoms with E-state index in [0.717, 1.165) is 75.1 Å². The monoisotopic (exact) mass is 761 g/mol. The number of hydrogen-bond donors (Lipinski definition) is 2. The molecule has 1 aliphatic heterocycles. The van der Waals surface area contributed by atoms with Crippen molar-refractivity contribution in [2.45, 2.75) is 53.3 Å². The summed E-state index contributed by atoms with van der Waals surface area (Å²) >= 11 is 1.75. The van der Waals surface area contributed by atoms with Crippen molar-refractivity contribution in [2.75, 3.05) is 36.4 Å². The summed E-state index contributed by atoms with van der Waals surface area (Å²) in [4.78, 5) is 30.2. The van der Waals surface area contributed by atoms with Gasteiger partial charge < -0.3 is 10.2 Å². The molecule has 0 bridgehead atoms. The fourth-order valence-corrected chi connectivity index (χ4v) is 9.56. The Hall–Kier alpha value is -5.17. The molecule has 5 aromatic carbocycles. The number of amides is 1. The van der Waals surface area contributed by atoms with Gasteiger partial charge in [0.25, 0.3) is 21.6 Å². The number of nitrogens with zero attached hydrogens (tertiary/aromatic N) is 3. The van der Waals surface area contributed by atoms with Crippen LogP contribution in [0.4, 0.5) is 17.1 Å². The maximum atomic E-state index is 13.3. The van der Waals surface area contributed by atoms with E-state index in [2.05, 4.69) is 80.5 Å². The molecule has 1 heterocycles. The molecule has 278 valence electrons. The van der Waals surface area contributed by atoms with Gasteiger partial charge in [-0.1, -0.05) is 85.6 Å². The fraction of sp³-hybridized carbons (Fsp3) is 0.262. The topological polar surface area (TPSA) is 125 Å². The Morgan fingerprint density at radius 2 is 1.46 bits per heavy atom. The minimum atomic E-state index is -4.40. The average Bonchev–Trinajstić information content (AvgIpc) is 3.20. The van der Waals surface area contributed by atoms with E-state index in [9.17, 15) is 23.3 Å². The van der Waals surface area contributed by atoms with E-state index in [4.69, 9.17) is 0 Å². The standard InChI is InChI=1S/C42H43N5O5S2/c48-42(32-19-21-34(22-20-32)46-27-25-45(26-28-46)30-33-13-7-8-16-37(33)31-11-3-1-4-12-31)44-54(51,52)36-23-24-38(40(29-36)47(49)50)43-39-17-9-10-18-41(39)53-35-14-5-2-6-15-35/h1-8,11-16,19-24,29,39,41,43H,9-10,17-18,25-28,30H2,(H,44,48)/t39-,41+/m0/s1. The molecule has 2 atom stereocenters. The molecule has 2 aliphatic rings. The van der Waals surface area contributed by atoms with Gasteiger partial charge in [-0.3, -0.25) is 19.8 Å². The van der Waals surface area contributed by atoms with Crippen molar-refractivity contribution < 1.29 is 18.1 Å². The number of thioether (sulfide) groups is 1. The molecule has 0 radical (unpaired) electrons. The number of sulfonamides is 1. The zero-order valence-corrected chi connectivity index (χ0v) is 31.5. The summed E-state index contributed by atoms with van der Waals surface area (Å²) in [5.74, 6) is -0.809. The summed E-state index contributed by atoms with van der Waals surface area (Å²) in [5.41, 5.74) is 4.75. The maximum Gasteiger partial charge on any atom is 0.293 e. The highest BCUT2D eigenvalue weighted by Gasteiger charge is 2.30. The predicted octanol–water partition coefficient (Wildman–Crippen LogP) is 8.22. The van der Waals surface area contributed by atoms with Gasteiger partial charge >= 0.3 is 0 Å². The molecular weight excluding hydrogens is 719 g/mol. The number of benzene rings is 5. The third kappa shape index (κ3) is 8.95. The number of carbonyl (C=O) groups excluding carboxylic acids is 1. The summed E-state index contributed by atoms with van der Waals surface area (Å²) in [6.45, 7) is 4.22. The number of carbonyl (C=O) groups is 1. The van der Waals surface area contributed by atoms with E-state index in [1.807, 2.05) is 36.4 Å². The lowest BCUT2D eigenvalue weighted by atomic mass is 9.94. The number of hydrogen-bond acceptors (Lipinski definition) is 9. The zero-order chi connectivity index (χ0) is 37.5. The lowest BCUT2D eigenvalue weighted by Gasteiger charge is -2.36. The van der Waals surface area contributed by atoms with Crippen LogP contribution in [0.5, 0.6) is 0 Å². The normalized spacial score (nSPS) is 17.8. The molecule has 5 aromatic rings. The van der Waals surface area contributed by atoms with Crippen molar-refractivity contribution >= 4 is 44.8 Å². The molecule has 54 heavy (non-hydrogen) atoms. The molecule has 0 spiro atoms. The second-order valence-corrected chi connectivity index (χ2v) is 16.7. The smallest absolute Gasteiger partial charge is 0.293 e. The summed E-state index contributed by atoms with van der Waals surface area (Å²) in [6.07, 6.45) is 3.88. The lowest BCUT2D eigenvalue weighted by Crippen LogP contribution is -2.46. The number of anilines is 2. The van der Waals surface area contributed by atoms with Gasteiger partial charge in [-0.15, -0.1) is 11.8 Å². The quantitative estimate of drug-likeness (QED) is 0.0956. The maximum absolute atomic E-state index is 13.3. The Bertz CT molecular complexity index is 2180. The van der Waals surface area contributed by atoms with Crippen LogP contribution in [-0.2, 0) is 16.6 Å². The number of rotatable bonds is 12. The van der Waals surface area contributed by atoms with Gasteiger partial charge in [-0.05, 0) is 78.1 Å². The molecule has 1 saturated heterocycles. The van der Waals surface area contributed by atoms with Gasteiger partial charge in [-0.2, -0.15) is 0 Å². The zero-order valence-electron chi connectivity index (χ0n) is 29.8. The molecular formula is C42H43N5O5S2. The summed E-state index contributed by atoms with van der Waals surface area (Å²) in [7, 11) is -4.40. The van der Waals surface area contributed by atoms with Crippen molar-refractivity contribution in [2.24, 2.45) is 0 Å². The minimum Gasteiger partial charge on any atom is -0.376 e. The van der Waals surface area contributed by atoms with Crippen LogP contribution in [0.15, 0.2) is 137 Å². The molecule has 7 rings (SSSR count). The largest absolute Gasteiger partial charge is 0.376 e. The Balaban J connectivity index is 0.960. The van der Waals surface area contributed by atoms with Crippen LogP contribution in [0.25, 0.3) is 11.1 Å². The van der Waals surface area contributed by atoms with Crippen LogP contribution >= 0.6 is 11.8 Å². The van der Waals surface area contributed by atoms with Crippen molar-refractivity contribution in [3.8, 4) is 11.1 Å².